The molecule has 1 aromatic heterocycles. The zero-order chi connectivity index (χ0) is 18.0. The first-order chi connectivity index (χ1) is 12.0. The monoisotopic (exact) mass is 342 g/mol. The number of urea groups is 1. The molecule has 2 aromatic rings. The van der Waals surface area contributed by atoms with Crippen LogP contribution in [0.25, 0.3) is 10.9 Å². The van der Waals surface area contributed by atoms with E-state index in [9.17, 15) is 9.59 Å². The number of nitrogens with one attached hydrogen (secondary N) is 1. The first-order valence-corrected chi connectivity index (χ1v) is 8.85. The third-order valence-corrected chi connectivity index (χ3v) is 4.94. The fourth-order valence-electron chi connectivity index (χ4n) is 3.43. The highest BCUT2D eigenvalue weighted by Gasteiger charge is 2.28. The van der Waals surface area contributed by atoms with Gasteiger partial charge < -0.3 is 19.7 Å². The molecule has 1 aliphatic rings. The van der Waals surface area contributed by atoms with Gasteiger partial charge in [0.15, 0.2) is 0 Å². The Morgan fingerprint density at radius 2 is 1.92 bits per heavy atom. The van der Waals surface area contributed by atoms with E-state index >= 15 is 0 Å². The second-order valence-electron chi connectivity index (χ2n) is 6.80. The number of carbonyl (C=O) groups is 2. The number of piperidine rings is 1. The van der Waals surface area contributed by atoms with Crippen molar-refractivity contribution in [1.82, 2.24) is 14.4 Å². The van der Waals surface area contributed by atoms with Crippen LogP contribution in [-0.4, -0.2) is 53.5 Å². The van der Waals surface area contributed by atoms with Gasteiger partial charge in [-0.3, -0.25) is 4.79 Å². The Hall–Kier alpha value is -2.50. The van der Waals surface area contributed by atoms with Gasteiger partial charge in [-0.2, -0.15) is 0 Å². The van der Waals surface area contributed by atoms with Crippen LogP contribution < -0.4 is 5.32 Å². The van der Waals surface area contributed by atoms with Gasteiger partial charge >= 0.3 is 6.03 Å². The summed E-state index contributed by atoms with van der Waals surface area (Å²) in [6, 6.07) is 7.96. The number of hydrogen-bond acceptors (Lipinski definition) is 2. The minimum absolute atomic E-state index is 0.0308. The van der Waals surface area contributed by atoms with Crippen molar-refractivity contribution in [2.75, 3.05) is 32.5 Å². The number of amides is 3. The zero-order valence-corrected chi connectivity index (χ0v) is 15.2. The topological polar surface area (TPSA) is 57.6 Å². The summed E-state index contributed by atoms with van der Waals surface area (Å²) < 4.78 is 2.16. The molecule has 0 aliphatic carbocycles. The molecular weight excluding hydrogens is 316 g/mol. The first-order valence-electron chi connectivity index (χ1n) is 8.85. The predicted octanol–water partition coefficient (Wildman–Crippen LogP) is 2.99. The third-order valence-electron chi connectivity index (χ3n) is 4.94. The Morgan fingerprint density at radius 1 is 1.20 bits per heavy atom. The van der Waals surface area contributed by atoms with E-state index in [1.165, 1.54) is 5.39 Å². The second kappa shape index (κ2) is 7.17. The summed E-state index contributed by atoms with van der Waals surface area (Å²) in [5, 5.41) is 4.16. The molecule has 3 rings (SSSR count). The lowest BCUT2D eigenvalue weighted by Crippen LogP contribution is -2.44. The van der Waals surface area contributed by atoms with Crippen molar-refractivity contribution < 1.29 is 9.59 Å². The molecule has 1 saturated heterocycles. The van der Waals surface area contributed by atoms with Gasteiger partial charge in [0.1, 0.15) is 0 Å². The molecule has 1 aromatic carbocycles. The smallest absolute Gasteiger partial charge is 0.321 e. The lowest BCUT2D eigenvalue weighted by atomic mass is 9.96. The molecule has 0 atom stereocenters. The molecule has 1 fully saturated rings. The molecule has 0 bridgehead atoms. The number of hydrogen-bond donors (Lipinski definition) is 1. The van der Waals surface area contributed by atoms with Gasteiger partial charge in [-0.25, -0.2) is 4.79 Å². The molecule has 134 valence electrons. The maximum atomic E-state index is 12.5. The zero-order valence-electron chi connectivity index (χ0n) is 15.2. The SMILES string of the molecule is CCn1ccc2ccc(NC(=O)N3CCC(C(=O)N(C)C)CC3)cc21. The van der Waals surface area contributed by atoms with E-state index in [-0.39, 0.29) is 17.9 Å². The summed E-state index contributed by atoms with van der Waals surface area (Å²) in [5.41, 5.74) is 1.92. The van der Waals surface area contributed by atoms with E-state index in [0.29, 0.717) is 13.1 Å². The van der Waals surface area contributed by atoms with Gasteiger partial charge in [-0.05, 0) is 43.4 Å². The van der Waals surface area contributed by atoms with Crippen LogP contribution in [-0.2, 0) is 11.3 Å². The quantitative estimate of drug-likeness (QED) is 0.932. The third kappa shape index (κ3) is 3.62. The largest absolute Gasteiger partial charge is 0.349 e. The Kier molecular flexibility index (Phi) is 4.97. The number of aryl methyl sites for hydroxylation is 1. The first kappa shape index (κ1) is 17.3. The highest BCUT2D eigenvalue weighted by atomic mass is 16.2. The van der Waals surface area contributed by atoms with Crippen molar-refractivity contribution in [3.63, 3.8) is 0 Å². The van der Waals surface area contributed by atoms with Gasteiger partial charge in [-0.1, -0.05) is 6.07 Å². The summed E-state index contributed by atoms with van der Waals surface area (Å²) in [6.07, 6.45) is 3.51. The normalized spacial score (nSPS) is 15.4. The average molecular weight is 342 g/mol. The molecule has 0 radical (unpaired) electrons. The molecule has 6 nitrogen and oxygen atoms in total. The number of rotatable bonds is 3. The van der Waals surface area contributed by atoms with E-state index in [4.69, 9.17) is 0 Å². The summed E-state index contributed by atoms with van der Waals surface area (Å²) in [6.45, 7) is 4.23. The molecule has 1 N–H and O–H groups in total. The average Bonchev–Trinajstić information content (AvgIpc) is 3.03. The number of carbonyl (C=O) groups excluding carboxylic acids is 2. The van der Waals surface area contributed by atoms with Crippen LogP contribution in [0.2, 0.25) is 0 Å². The molecular formula is C19H26N4O2. The molecule has 3 amide bonds. The minimum Gasteiger partial charge on any atom is -0.349 e. The fourth-order valence-corrected chi connectivity index (χ4v) is 3.43. The highest BCUT2D eigenvalue weighted by Crippen LogP contribution is 2.23. The van der Waals surface area contributed by atoms with Crippen molar-refractivity contribution in [2.45, 2.75) is 26.3 Å². The number of aromatic nitrogens is 1. The molecule has 0 saturated carbocycles. The second-order valence-corrected chi connectivity index (χ2v) is 6.80. The van der Waals surface area contributed by atoms with Gasteiger partial charge in [0.25, 0.3) is 0 Å². The molecule has 25 heavy (non-hydrogen) atoms. The standard InChI is InChI=1S/C19H26N4O2/c1-4-22-10-7-14-5-6-16(13-17(14)22)20-19(25)23-11-8-15(9-12-23)18(24)21(2)3/h5-7,10,13,15H,4,8-9,11-12H2,1-3H3,(H,20,25). The summed E-state index contributed by atoms with van der Waals surface area (Å²) in [7, 11) is 3.56. The lowest BCUT2D eigenvalue weighted by molar-refractivity contribution is -0.134. The van der Waals surface area contributed by atoms with Crippen molar-refractivity contribution in [3.05, 3.63) is 30.5 Å². The van der Waals surface area contributed by atoms with Crippen LogP contribution >= 0.6 is 0 Å². The molecule has 6 heteroatoms. The van der Waals surface area contributed by atoms with Gasteiger partial charge in [0.05, 0.1) is 5.52 Å². The van der Waals surface area contributed by atoms with E-state index in [1.54, 1.807) is 23.9 Å². The molecule has 2 heterocycles. The van der Waals surface area contributed by atoms with E-state index in [2.05, 4.69) is 29.1 Å². The van der Waals surface area contributed by atoms with Crippen LogP contribution in [0.1, 0.15) is 19.8 Å². The van der Waals surface area contributed by atoms with Crippen LogP contribution in [0.3, 0.4) is 0 Å². The van der Waals surface area contributed by atoms with E-state index < -0.39 is 0 Å². The number of benzene rings is 1. The fraction of sp³-hybridized carbons (Fsp3) is 0.474. The minimum atomic E-state index is -0.0929. The highest BCUT2D eigenvalue weighted by molar-refractivity contribution is 5.93. The van der Waals surface area contributed by atoms with Crippen LogP contribution in [0, 0.1) is 5.92 Å². The Bertz CT molecular complexity index is 773. The van der Waals surface area contributed by atoms with Crippen LogP contribution in [0.4, 0.5) is 10.5 Å². The Labute approximate surface area is 148 Å². The van der Waals surface area contributed by atoms with E-state index in [0.717, 1.165) is 30.6 Å². The Morgan fingerprint density at radius 3 is 2.56 bits per heavy atom. The maximum absolute atomic E-state index is 12.5. The summed E-state index contributed by atoms with van der Waals surface area (Å²) in [5.74, 6) is 0.189. The van der Waals surface area contributed by atoms with E-state index in [1.807, 2.05) is 18.2 Å². The van der Waals surface area contributed by atoms with Gasteiger partial charge in [0.2, 0.25) is 5.91 Å². The molecule has 1 aliphatic heterocycles. The Balaban J connectivity index is 1.62. The number of anilines is 1. The van der Waals surface area contributed by atoms with Crippen molar-refractivity contribution >= 4 is 28.5 Å². The molecule has 0 unspecified atom stereocenters. The number of likely N-dealkylation sites (tertiary alicyclic amines) is 1. The van der Waals surface area contributed by atoms with Crippen molar-refractivity contribution in [3.8, 4) is 0 Å². The van der Waals surface area contributed by atoms with Gasteiger partial charge in [0, 0.05) is 51.5 Å². The van der Waals surface area contributed by atoms with Gasteiger partial charge in [-0.15, -0.1) is 0 Å². The summed E-state index contributed by atoms with van der Waals surface area (Å²) in [4.78, 5) is 28.0. The van der Waals surface area contributed by atoms with Crippen LogP contribution in [0.5, 0.6) is 0 Å². The predicted molar refractivity (Wildman–Crippen MR) is 99.6 cm³/mol. The number of nitrogens with zero attached hydrogens (tertiary/aromatic N) is 3. The molecule has 0 spiro atoms. The van der Waals surface area contributed by atoms with Crippen molar-refractivity contribution in [1.29, 1.82) is 0 Å². The summed E-state index contributed by atoms with van der Waals surface area (Å²) >= 11 is 0. The lowest BCUT2D eigenvalue weighted by Gasteiger charge is -2.32. The number of fused-ring (bicyclic) bond motifs is 1. The maximum Gasteiger partial charge on any atom is 0.321 e. The van der Waals surface area contributed by atoms with Crippen LogP contribution in [0.15, 0.2) is 30.5 Å². The van der Waals surface area contributed by atoms with Crippen molar-refractivity contribution in [2.24, 2.45) is 5.92 Å².